The average Bonchev–Trinajstić information content (AvgIpc) is 3.39. The van der Waals surface area contributed by atoms with E-state index in [0.29, 0.717) is 30.3 Å². The lowest BCUT2D eigenvalue weighted by Crippen LogP contribution is -2.48. The highest BCUT2D eigenvalue weighted by Crippen LogP contribution is 2.39. The molecule has 6 rings (SSSR count). The van der Waals surface area contributed by atoms with Crippen molar-refractivity contribution in [2.45, 2.75) is 32.4 Å². The topological polar surface area (TPSA) is 90.3 Å². The molecule has 4 aromatic rings. The second-order valence-corrected chi connectivity index (χ2v) is 10.2. The standard InChI is InChI=1S/C27H32N6O2/c1-15-8-19(28)14-32(13-15)27(34)18-9-21-25(23(11-18)35-4)31(3)26(30-21)22-10-17-6-5-7-20-24(17)33(22)16(2)12-29-20/h5-7,9-11,15-16,19,29H,8,12-14,28H2,1-4H3/t15?,16?,19-/m1/s1. The average molecular weight is 473 g/mol. The highest BCUT2D eigenvalue weighted by Gasteiger charge is 2.29. The van der Waals surface area contributed by atoms with Crippen LogP contribution >= 0.6 is 0 Å². The minimum atomic E-state index is -0.0211. The number of benzene rings is 2. The van der Waals surface area contributed by atoms with Gasteiger partial charge >= 0.3 is 0 Å². The van der Waals surface area contributed by atoms with Crippen LogP contribution in [0.2, 0.25) is 0 Å². The molecule has 1 saturated heterocycles. The Hall–Kier alpha value is -3.52. The number of hydrogen-bond acceptors (Lipinski definition) is 5. The molecule has 35 heavy (non-hydrogen) atoms. The van der Waals surface area contributed by atoms with Gasteiger partial charge in [0, 0.05) is 49.7 Å². The molecule has 1 fully saturated rings. The van der Waals surface area contributed by atoms with Crippen LogP contribution in [0.15, 0.2) is 36.4 Å². The molecule has 3 atom stereocenters. The van der Waals surface area contributed by atoms with Crippen molar-refractivity contribution >= 4 is 33.5 Å². The number of nitrogens with two attached hydrogens (primary N) is 1. The van der Waals surface area contributed by atoms with E-state index in [-0.39, 0.29) is 18.0 Å². The van der Waals surface area contributed by atoms with Gasteiger partial charge < -0.3 is 29.8 Å². The van der Waals surface area contributed by atoms with Gasteiger partial charge in [-0.3, -0.25) is 4.79 Å². The summed E-state index contributed by atoms with van der Waals surface area (Å²) < 4.78 is 10.2. The fraction of sp³-hybridized carbons (Fsp3) is 0.407. The number of carbonyl (C=O) groups excluding carboxylic acids is 1. The van der Waals surface area contributed by atoms with Crippen molar-refractivity contribution in [2.24, 2.45) is 18.7 Å². The number of amides is 1. The van der Waals surface area contributed by atoms with E-state index in [1.54, 1.807) is 7.11 Å². The van der Waals surface area contributed by atoms with Crippen LogP contribution in [0.3, 0.4) is 0 Å². The highest BCUT2D eigenvalue weighted by atomic mass is 16.5. The number of fused-ring (bicyclic) bond motifs is 1. The number of ether oxygens (including phenoxy) is 1. The minimum Gasteiger partial charge on any atom is -0.494 e. The van der Waals surface area contributed by atoms with Gasteiger partial charge in [-0.05, 0) is 43.5 Å². The molecule has 182 valence electrons. The Balaban J connectivity index is 1.49. The lowest BCUT2D eigenvalue weighted by atomic mass is 9.96. The lowest BCUT2D eigenvalue weighted by molar-refractivity contribution is 0.0661. The first-order valence-electron chi connectivity index (χ1n) is 12.3. The van der Waals surface area contributed by atoms with Crippen LogP contribution in [-0.4, -0.2) is 57.7 Å². The molecule has 0 radical (unpaired) electrons. The molecule has 0 bridgehead atoms. The zero-order chi connectivity index (χ0) is 24.4. The lowest BCUT2D eigenvalue weighted by Gasteiger charge is -2.34. The van der Waals surface area contributed by atoms with Crippen LogP contribution in [0.25, 0.3) is 33.5 Å². The Morgan fingerprint density at radius 1 is 1.17 bits per heavy atom. The van der Waals surface area contributed by atoms with Crippen LogP contribution in [0.5, 0.6) is 5.75 Å². The third-order valence-electron chi connectivity index (χ3n) is 7.50. The molecule has 0 spiro atoms. The minimum absolute atomic E-state index is 0.0108. The summed E-state index contributed by atoms with van der Waals surface area (Å²) in [4.78, 5) is 20.4. The number of hydrogen-bond donors (Lipinski definition) is 2. The number of imidazole rings is 1. The molecule has 0 saturated carbocycles. The van der Waals surface area contributed by atoms with Crippen LogP contribution < -0.4 is 15.8 Å². The normalized spacial score (nSPS) is 22.0. The van der Waals surface area contributed by atoms with E-state index in [1.807, 2.05) is 24.1 Å². The van der Waals surface area contributed by atoms with Crippen molar-refractivity contribution in [1.82, 2.24) is 19.0 Å². The van der Waals surface area contributed by atoms with Crippen molar-refractivity contribution in [3.63, 3.8) is 0 Å². The molecule has 8 nitrogen and oxygen atoms in total. The monoisotopic (exact) mass is 472 g/mol. The number of anilines is 1. The molecule has 8 heteroatoms. The van der Waals surface area contributed by atoms with E-state index in [9.17, 15) is 4.79 Å². The van der Waals surface area contributed by atoms with E-state index >= 15 is 0 Å². The van der Waals surface area contributed by atoms with Crippen LogP contribution in [0.4, 0.5) is 5.69 Å². The third-order valence-corrected chi connectivity index (χ3v) is 7.50. The van der Waals surface area contributed by atoms with Gasteiger partial charge in [0.05, 0.1) is 29.5 Å². The number of nitrogens with zero attached hydrogens (tertiary/aromatic N) is 4. The van der Waals surface area contributed by atoms with Crippen LogP contribution in [0.1, 0.15) is 36.7 Å². The summed E-state index contributed by atoms with van der Waals surface area (Å²) in [6.07, 6.45) is 0.944. The fourth-order valence-corrected chi connectivity index (χ4v) is 5.97. The molecule has 1 amide bonds. The zero-order valence-corrected chi connectivity index (χ0v) is 20.7. The second-order valence-electron chi connectivity index (χ2n) is 10.2. The molecule has 0 aliphatic carbocycles. The summed E-state index contributed by atoms with van der Waals surface area (Å²) in [6.45, 7) is 6.51. The Morgan fingerprint density at radius 2 is 2.00 bits per heavy atom. The Labute approximate surface area is 204 Å². The van der Waals surface area contributed by atoms with Gasteiger partial charge in [0.25, 0.3) is 5.91 Å². The second kappa shape index (κ2) is 8.02. The maximum atomic E-state index is 13.4. The smallest absolute Gasteiger partial charge is 0.254 e. The molecule has 3 N–H and O–H groups in total. The van der Waals surface area contributed by atoms with Crippen molar-refractivity contribution in [1.29, 1.82) is 0 Å². The summed E-state index contributed by atoms with van der Waals surface area (Å²) in [6, 6.07) is 12.6. The summed E-state index contributed by atoms with van der Waals surface area (Å²) in [7, 11) is 3.65. The quantitative estimate of drug-likeness (QED) is 0.470. The number of methoxy groups -OCH3 is 1. The maximum Gasteiger partial charge on any atom is 0.254 e. The number of piperidine rings is 1. The van der Waals surface area contributed by atoms with Gasteiger partial charge in [-0.1, -0.05) is 19.1 Å². The van der Waals surface area contributed by atoms with Crippen LogP contribution in [0, 0.1) is 5.92 Å². The van der Waals surface area contributed by atoms with Gasteiger partial charge in [0.1, 0.15) is 11.3 Å². The molecule has 2 aromatic carbocycles. The largest absolute Gasteiger partial charge is 0.494 e. The van der Waals surface area contributed by atoms with Gasteiger partial charge in [-0.25, -0.2) is 4.98 Å². The third kappa shape index (κ3) is 3.38. The van der Waals surface area contributed by atoms with Crippen molar-refractivity contribution in [3.8, 4) is 17.3 Å². The Kier molecular flexibility index (Phi) is 5.03. The number of nitrogens with one attached hydrogen (secondary N) is 1. The summed E-state index contributed by atoms with van der Waals surface area (Å²) in [5, 5.41) is 4.72. The molecule has 2 aliphatic heterocycles. The van der Waals surface area contributed by atoms with E-state index in [4.69, 9.17) is 15.5 Å². The van der Waals surface area contributed by atoms with Crippen molar-refractivity contribution < 1.29 is 9.53 Å². The fourth-order valence-electron chi connectivity index (χ4n) is 5.97. The molecule has 4 heterocycles. The van der Waals surface area contributed by atoms with E-state index in [1.165, 1.54) is 10.9 Å². The maximum absolute atomic E-state index is 13.4. The van der Waals surface area contributed by atoms with Gasteiger partial charge in [0.2, 0.25) is 0 Å². The summed E-state index contributed by atoms with van der Waals surface area (Å²) >= 11 is 0. The van der Waals surface area contributed by atoms with E-state index < -0.39 is 0 Å². The zero-order valence-electron chi connectivity index (χ0n) is 20.7. The number of likely N-dealkylation sites (tertiary alicyclic amines) is 1. The highest BCUT2D eigenvalue weighted by molar-refractivity contribution is 6.01. The summed E-state index contributed by atoms with van der Waals surface area (Å²) in [5.41, 5.74) is 11.8. The number of aromatic nitrogens is 3. The molecule has 2 aromatic heterocycles. The predicted molar refractivity (Wildman–Crippen MR) is 139 cm³/mol. The number of carbonyl (C=O) groups is 1. The van der Waals surface area contributed by atoms with Gasteiger partial charge in [0.15, 0.2) is 5.82 Å². The first-order valence-corrected chi connectivity index (χ1v) is 12.3. The SMILES string of the molecule is COc1cc(C(=O)N2CC(C)C[C@@H](N)C2)cc2nc(-c3cc4cccc5c4n3C(C)CN5)n(C)c12. The first kappa shape index (κ1) is 22.0. The van der Waals surface area contributed by atoms with E-state index in [2.05, 4.69) is 52.6 Å². The molecule has 2 aliphatic rings. The van der Waals surface area contributed by atoms with Crippen molar-refractivity contribution in [3.05, 3.63) is 42.0 Å². The Morgan fingerprint density at radius 3 is 2.77 bits per heavy atom. The summed E-state index contributed by atoms with van der Waals surface area (Å²) in [5.74, 6) is 1.86. The molecular formula is C27H32N6O2. The van der Waals surface area contributed by atoms with E-state index in [0.717, 1.165) is 41.2 Å². The number of para-hydroxylation sites is 1. The van der Waals surface area contributed by atoms with Gasteiger partial charge in [-0.2, -0.15) is 0 Å². The number of aryl methyl sites for hydroxylation is 1. The molecule has 2 unspecified atom stereocenters. The van der Waals surface area contributed by atoms with Gasteiger partial charge in [-0.15, -0.1) is 0 Å². The van der Waals surface area contributed by atoms with Crippen LogP contribution in [-0.2, 0) is 7.05 Å². The predicted octanol–water partition coefficient (Wildman–Crippen LogP) is 4.00. The molecular weight excluding hydrogens is 440 g/mol. The first-order chi connectivity index (χ1) is 16.9. The van der Waals surface area contributed by atoms with Crippen molar-refractivity contribution in [2.75, 3.05) is 32.1 Å². The number of rotatable bonds is 3. The Bertz CT molecular complexity index is 1460.